The first-order valence-corrected chi connectivity index (χ1v) is 7.61. The highest BCUT2D eigenvalue weighted by Crippen LogP contribution is 2.24. The van der Waals surface area contributed by atoms with Gasteiger partial charge in [0.05, 0.1) is 5.92 Å². The average Bonchev–Trinajstić information content (AvgIpc) is 2.48. The third kappa shape index (κ3) is 4.25. The van der Waals surface area contributed by atoms with Crippen LogP contribution in [0.5, 0.6) is 0 Å². The van der Waals surface area contributed by atoms with Crippen LogP contribution >= 0.6 is 0 Å². The molecule has 0 aromatic rings. The van der Waals surface area contributed by atoms with Gasteiger partial charge in [-0.15, -0.1) is 0 Å². The minimum Gasteiger partial charge on any atom is -0.481 e. The number of carbonyl (C=O) groups is 2. The highest BCUT2D eigenvalue weighted by atomic mass is 16.4. The van der Waals surface area contributed by atoms with Gasteiger partial charge in [0.25, 0.3) is 0 Å². The fraction of sp³-hybridized carbons (Fsp3) is 0.733. The van der Waals surface area contributed by atoms with E-state index in [9.17, 15) is 9.59 Å². The summed E-state index contributed by atoms with van der Waals surface area (Å²) in [6.45, 7) is 1.06. The van der Waals surface area contributed by atoms with Gasteiger partial charge in [0.2, 0.25) is 0 Å². The standard InChI is InChI=1S/C15H24N2O3/c18-14(19)13-7-10-17(11-8-13)15(20)16-9-6-12-4-2-1-3-5-12/h6,9,12-13H,1-5,7-8,10-11H2,(H,16,20)(H,18,19)/b9-6+. The summed E-state index contributed by atoms with van der Waals surface area (Å²) in [7, 11) is 0. The molecule has 1 saturated carbocycles. The number of hydrogen-bond acceptors (Lipinski definition) is 2. The van der Waals surface area contributed by atoms with Crippen LogP contribution in [0.2, 0.25) is 0 Å². The van der Waals surface area contributed by atoms with Gasteiger partial charge in [-0.05, 0) is 31.6 Å². The lowest BCUT2D eigenvalue weighted by Gasteiger charge is -2.29. The van der Waals surface area contributed by atoms with E-state index in [1.54, 1.807) is 11.1 Å². The Morgan fingerprint density at radius 3 is 2.30 bits per heavy atom. The van der Waals surface area contributed by atoms with Crippen LogP contribution in [0.25, 0.3) is 0 Å². The molecule has 112 valence electrons. The highest BCUT2D eigenvalue weighted by Gasteiger charge is 2.26. The van der Waals surface area contributed by atoms with E-state index in [0.29, 0.717) is 31.8 Å². The molecule has 1 aliphatic carbocycles. The van der Waals surface area contributed by atoms with Crippen molar-refractivity contribution in [3.63, 3.8) is 0 Å². The van der Waals surface area contributed by atoms with Crippen molar-refractivity contribution in [3.8, 4) is 0 Å². The molecule has 0 unspecified atom stereocenters. The summed E-state index contributed by atoms with van der Waals surface area (Å²) >= 11 is 0. The smallest absolute Gasteiger partial charge is 0.321 e. The third-order valence-electron chi connectivity index (χ3n) is 4.36. The van der Waals surface area contributed by atoms with Crippen LogP contribution in [0.4, 0.5) is 4.79 Å². The van der Waals surface area contributed by atoms with Gasteiger partial charge in [0.1, 0.15) is 0 Å². The number of nitrogens with one attached hydrogen (secondary N) is 1. The number of hydrogen-bond donors (Lipinski definition) is 2. The van der Waals surface area contributed by atoms with Crippen molar-refractivity contribution in [1.29, 1.82) is 0 Å². The lowest BCUT2D eigenvalue weighted by Crippen LogP contribution is -2.44. The van der Waals surface area contributed by atoms with Crippen molar-refractivity contribution in [2.24, 2.45) is 11.8 Å². The van der Waals surface area contributed by atoms with E-state index in [1.807, 2.05) is 0 Å². The Hall–Kier alpha value is -1.52. The monoisotopic (exact) mass is 280 g/mol. The molecule has 5 nitrogen and oxygen atoms in total. The van der Waals surface area contributed by atoms with E-state index >= 15 is 0 Å². The molecule has 2 aliphatic rings. The SMILES string of the molecule is O=C(O)C1CCN(C(=O)N/C=C/C2CCCCC2)CC1. The number of aliphatic carboxylic acids is 1. The molecule has 2 rings (SSSR count). The molecule has 1 saturated heterocycles. The van der Waals surface area contributed by atoms with E-state index in [-0.39, 0.29) is 11.9 Å². The molecular formula is C15H24N2O3. The first-order chi connectivity index (χ1) is 9.66. The number of carboxylic acid groups (broad SMARTS) is 1. The van der Waals surface area contributed by atoms with Crippen LogP contribution in [-0.2, 0) is 4.79 Å². The minimum absolute atomic E-state index is 0.110. The predicted octanol–water partition coefficient (Wildman–Crippen LogP) is 2.59. The van der Waals surface area contributed by atoms with Crippen LogP contribution in [0.15, 0.2) is 12.3 Å². The second kappa shape index (κ2) is 7.31. The van der Waals surface area contributed by atoms with Gasteiger partial charge >= 0.3 is 12.0 Å². The van der Waals surface area contributed by atoms with Crippen molar-refractivity contribution in [2.45, 2.75) is 44.9 Å². The maximum absolute atomic E-state index is 11.9. The Labute approximate surface area is 120 Å². The van der Waals surface area contributed by atoms with Crippen molar-refractivity contribution < 1.29 is 14.7 Å². The summed E-state index contributed by atoms with van der Waals surface area (Å²) in [6, 6.07) is -0.110. The maximum atomic E-state index is 11.9. The third-order valence-corrected chi connectivity index (χ3v) is 4.36. The Kier molecular flexibility index (Phi) is 5.44. The Bertz CT molecular complexity index is 367. The molecule has 2 amide bonds. The Balaban J connectivity index is 1.70. The van der Waals surface area contributed by atoms with E-state index in [0.717, 1.165) is 0 Å². The van der Waals surface area contributed by atoms with Gasteiger partial charge in [-0.25, -0.2) is 4.79 Å². The topological polar surface area (TPSA) is 69.6 Å². The molecule has 0 spiro atoms. The largest absolute Gasteiger partial charge is 0.481 e. The molecular weight excluding hydrogens is 256 g/mol. The molecule has 0 atom stereocenters. The number of carboxylic acids is 1. The first-order valence-electron chi connectivity index (χ1n) is 7.61. The van der Waals surface area contributed by atoms with Crippen LogP contribution in [0.3, 0.4) is 0 Å². The van der Waals surface area contributed by atoms with Crippen molar-refractivity contribution in [1.82, 2.24) is 10.2 Å². The van der Waals surface area contributed by atoms with E-state index in [4.69, 9.17) is 5.11 Å². The van der Waals surface area contributed by atoms with Crippen molar-refractivity contribution >= 4 is 12.0 Å². The van der Waals surface area contributed by atoms with Crippen molar-refractivity contribution in [2.75, 3.05) is 13.1 Å². The molecule has 1 aliphatic heterocycles. The summed E-state index contributed by atoms with van der Waals surface area (Å²) in [6.07, 6.45) is 11.3. The molecule has 0 radical (unpaired) electrons. The minimum atomic E-state index is -0.748. The summed E-state index contributed by atoms with van der Waals surface area (Å²) in [5, 5.41) is 11.7. The number of urea groups is 1. The summed E-state index contributed by atoms with van der Waals surface area (Å²) in [5.41, 5.74) is 0. The van der Waals surface area contributed by atoms with Gasteiger partial charge in [0.15, 0.2) is 0 Å². The molecule has 0 bridgehead atoms. The van der Waals surface area contributed by atoms with Crippen LogP contribution < -0.4 is 5.32 Å². The highest BCUT2D eigenvalue weighted by molar-refractivity contribution is 5.76. The quantitative estimate of drug-likeness (QED) is 0.834. The number of rotatable bonds is 3. The van der Waals surface area contributed by atoms with Gasteiger partial charge in [-0.1, -0.05) is 25.3 Å². The number of piperidine rings is 1. The van der Waals surface area contributed by atoms with Gasteiger partial charge in [-0.3, -0.25) is 4.79 Å². The average molecular weight is 280 g/mol. The summed E-state index contributed by atoms with van der Waals surface area (Å²) < 4.78 is 0. The molecule has 5 heteroatoms. The van der Waals surface area contributed by atoms with Crippen LogP contribution in [0, 0.1) is 11.8 Å². The predicted molar refractivity (Wildman–Crippen MR) is 76.2 cm³/mol. The number of allylic oxidation sites excluding steroid dienone is 1. The molecule has 20 heavy (non-hydrogen) atoms. The van der Waals surface area contributed by atoms with Crippen LogP contribution in [0.1, 0.15) is 44.9 Å². The van der Waals surface area contributed by atoms with E-state index in [2.05, 4.69) is 11.4 Å². The number of likely N-dealkylation sites (tertiary alicyclic amines) is 1. The van der Waals surface area contributed by atoms with E-state index < -0.39 is 5.97 Å². The molecule has 0 aromatic heterocycles. The zero-order valence-corrected chi connectivity index (χ0v) is 11.9. The fourth-order valence-corrected chi connectivity index (χ4v) is 3.00. The molecule has 0 aromatic carbocycles. The van der Waals surface area contributed by atoms with E-state index in [1.165, 1.54) is 32.1 Å². The maximum Gasteiger partial charge on any atom is 0.321 e. The van der Waals surface area contributed by atoms with Crippen LogP contribution in [-0.4, -0.2) is 35.1 Å². The summed E-state index contributed by atoms with van der Waals surface area (Å²) in [5.74, 6) is -0.444. The zero-order valence-electron chi connectivity index (χ0n) is 11.9. The van der Waals surface area contributed by atoms with Crippen molar-refractivity contribution in [3.05, 3.63) is 12.3 Å². The number of amides is 2. The lowest BCUT2D eigenvalue weighted by atomic mass is 9.89. The molecule has 1 heterocycles. The second-order valence-corrected chi connectivity index (χ2v) is 5.81. The van der Waals surface area contributed by atoms with Gasteiger partial charge in [-0.2, -0.15) is 0 Å². The number of nitrogens with zero attached hydrogens (tertiary/aromatic N) is 1. The summed E-state index contributed by atoms with van der Waals surface area (Å²) in [4.78, 5) is 24.5. The Morgan fingerprint density at radius 1 is 1.05 bits per heavy atom. The molecule has 2 fully saturated rings. The zero-order chi connectivity index (χ0) is 14.4. The van der Waals surface area contributed by atoms with Gasteiger partial charge < -0.3 is 15.3 Å². The Morgan fingerprint density at radius 2 is 1.70 bits per heavy atom. The van der Waals surface area contributed by atoms with Gasteiger partial charge in [0, 0.05) is 19.3 Å². The first kappa shape index (κ1) is 14.9. The number of carbonyl (C=O) groups excluding carboxylic acids is 1. The molecule has 2 N–H and O–H groups in total. The fourth-order valence-electron chi connectivity index (χ4n) is 3.00. The lowest BCUT2D eigenvalue weighted by molar-refractivity contribution is -0.143. The second-order valence-electron chi connectivity index (χ2n) is 5.81. The normalized spacial score (nSPS) is 22.1.